The Morgan fingerprint density at radius 2 is 2.20 bits per heavy atom. The predicted octanol–water partition coefficient (Wildman–Crippen LogP) is 2.09. The fourth-order valence-electron chi connectivity index (χ4n) is 1.42. The van der Waals surface area contributed by atoms with Crippen LogP contribution in [0.3, 0.4) is 0 Å². The number of nitrogens with one attached hydrogen (secondary N) is 1. The molecule has 0 bridgehead atoms. The summed E-state index contributed by atoms with van der Waals surface area (Å²) in [5.41, 5.74) is 0. The third-order valence-corrected chi connectivity index (χ3v) is 2.23. The van der Waals surface area contributed by atoms with Gasteiger partial charge in [0.25, 0.3) is 0 Å². The van der Waals surface area contributed by atoms with E-state index >= 15 is 0 Å². The maximum atomic E-state index is 10.7. The van der Waals surface area contributed by atoms with Crippen molar-refractivity contribution in [3.63, 3.8) is 0 Å². The smallest absolute Gasteiger partial charge is 0.129 e. The number of carbonyl (C=O) groups excluding carboxylic acids is 1. The summed E-state index contributed by atoms with van der Waals surface area (Å²) in [6.07, 6.45) is 2.51. The molecule has 0 spiro atoms. The molecule has 1 heterocycles. The normalized spacial score (nSPS) is 10.5. The van der Waals surface area contributed by atoms with Gasteiger partial charge in [-0.1, -0.05) is 0 Å². The van der Waals surface area contributed by atoms with Crippen molar-refractivity contribution < 1.29 is 9.21 Å². The van der Waals surface area contributed by atoms with E-state index in [-0.39, 0.29) is 5.78 Å². The van der Waals surface area contributed by atoms with Crippen molar-refractivity contribution in [2.75, 3.05) is 13.1 Å². The zero-order valence-corrected chi connectivity index (χ0v) is 9.51. The molecule has 1 aromatic heterocycles. The molecular formula is C12H19NO2. The molecule has 3 nitrogen and oxygen atoms in total. The number of carbonyl (C=O) groups is 1. The fourth-order valence-corrected chi connectivity index (χ4v) is 1.42. The van der Waals surface area contributed by atoms with Crippen LogP contribution in [0.15, 0.2) is 16.5 Å². The lowest BCUT2D eigenvalue weighted by molar-refractivity contribution is -0.117. The van der Waals surface area contributed by atoms with E-state index in [1.54, 1.807) is 6.92 Å². The van der Waals surface area contributed by atoms with Gasteiger partial charge in [-0.2, -0.15) is 0 Å². The van der Waals surface area contributed by atoms with Crippen molar-refractivity contribution in [3.8, 4) is 0 Å². The van der Waals surface area contributed by atoms with Crippen LogP contribution in [0.5, 0.6) is 0 Å². The summed E-state index contributed by atoms with van der Waals surface area (Å²) < 4.78 is 5.43. The Bertz CT molecular complexity index is 304. The van der Waals surface area contributed by atoms with Crippen LogP contribution in [-0.2, 0) is 11.2 Å². The maximum absolute atomic E-state index is 10.7. The highest BCUT2D eigenvalue weighted by molar-refractivity contribution is 5.75. The zero-order chi connectivity index (χ0) is 11.1. The van der Waals surface area contributed by atoms with Gasteiger partial charge in [-0.25, -0.2) is 0 Å². The summed E-state index contributed by atoms with van der Waals surface area (Å²) in [7, 11) is 0. The fraction of sp³-hybridized carbons (Fsp3) is 0.583. The van der Waals surface area contributed by atoms with E-state index in [0.717, 1.165) is 37.5 Å². The minimum absolute atomic E-state index is 0.262. The molecule has 0 unspecified atom stereocenters. The number of rotatable bonds is 7. The molecule has 0 atom stereocenters. The van der Waals surface area contributed by atoms with Crippen molar-refractivity contribution in [1.82, 2.24) is 5.32 Å². The lowest BCUT2D eigenvalue weighted by atomic mass is 10.2. The van der Waals surface area contributed by atoms with Gasteiger partial charge in [-0.05, 0) is 38.9 Å². The van der Waals surface area contributed by atoms with Gasteiger partial charge in [-0.15, -0.1) is 0 Å². The highest BCUT2D eigenvalue weighted by Gasteiger charge is 1.98. The van der Waals surface area contributed by atoms with Crippen LogP contribution in [0.2, 0.25) is 0 Å². The lowest BCUT2D eigenvalue weighted by Gasteiger charge is -2.01. The Morgan fingerprint density at radius 1 is 1.40 bits per heavy atom. The quantitative estimate of drug-likeness (QED) is 0.699. The van der Waals surface area contributed by atoms with Gasteiger partial charge in [-0.3, -0.25) is 0 Å². The van der Waals surface area contributed by atoms with E-state index in [1.165, 1.54) is 0 Å². The number of hydrogen-bond donors (Lipinski definition) is 1. The molecule has 0 saturated heterocycles. The number of hydrogen-bond acceptors (Lipinski definition) is 3. The van der Waals surface area contributed by atoms with Crippen LogP contribution in [0.4, 0.5) is 0 Å². The summed E-state index contributed by atoms with van der Waals surface area (Å²) in [6, 6.07) is 3.98. The molecule has 1 aromatic rings. The van der Waals surface area contributed by atoms with Crippen LogP contribution in [-0.4, -0.2) is 18.9 Å². The Morgan fingerprint density at radius 3 is 2.80 bits per heavy atom. The summed E-state index contributed by atoms with van der Waals surface area (Å²) in [6.45, 7) is 5.39. The highest BCUT2D eigenvalue weighted by atomic mass is 16.3. The van der Waals surface area contributed by atoms with Crippen molar-refractivity contribution in [2.24, 2.45) is 0 Å². The molecule has 3 heteroatoms. The Labute approximate surface area is 90.9 Å². The molecule has 1 rings (SSSR count). The van der Waals surface area contributed by atoms with E-state index in [1.807, 2.05) is 19.1 Å². The molecule has 0 radical (unpaired) electrons. The second-order valence-electron chi connectivity index (χ2n) is 3.82. The van der Waals surface area contributed by atoms with E-state index in [4.69, 9.17) is 4.42 Å². The standard InChI is InChI=1S/C12H19NO2/c1-10(14)4-3-8-13-9-7-12-6-5-11(2)15-12/h5-6,13H,3-4,7-9H2,1-2H3. The molecule has 0 fully saturated rings. The number of aryl methyl sites for hydroxylation is 1. The van der Waals surface area contributed by atoms with E-state index in [9.17, 15) is 4.79 Å². The molecule has 0 aromatic carbocycles. The topological polar surface area (TPSA) is 42.2 Å². The SMILES string of the molecule is CC(=O)CCCNCCc1ccc(C)o1. The monoisotopic (exact) mass is 209 g/mol. The van der Waals surface area contributed by atoms with Gasteiger partial charge in [0.2, 0.25) is 0 Å². The molecular weight excluding hydrogens is 190 g/mol. The Hall–Kier alpha value is -1.09. The zero-order valence-electron chi connectivity index (χ0n) is 9.51. The molecule has 0 aliphatic rings. The van der Waals surface area contributed by atoms with Crippen molar-refractivity contribution in [3.05, 3.63) is 23.7 Å². The average molecular weight is 209 g/mol. The summed E-state index contributed by atoms with van der Waals surface area (Å²) >= 11 is 0. The highest BCUT2D eigenvalue weighted by Crippen LogP contribution is 2.05. The third-order valence-electron chi connectivity index (χ3n) is 2.23. The van der Waals surface area contributed by atoms with Crippen LogP contribution in [0.25, 0.3) is 0 Å². The third kappa shape index (κ3) is 5.37. The van der Waals surface area contributed by atoms with Crippen LogP contribution < -0.4 is 5.32 Å². The molecule has 0 aliphatic carbocycles. The van der Waals surface area contributed by atoms with Gasteiger partial charge in [0.1, 0.15) is 17.3 Å². The summed E-state index contributed by atoms with van der Waals surface area (Å²) in [5, 5.41) is 3.29. The number of furan rings is 1. The minimum Gasteiger partial charge on any atom is -0.466 e. The Kier molecular flexibility index (Phi) is 5.12. The molecule has 0 amide bonds. The number of ketones is 1. The first-order valence-corrected chi connectivity index (χ1v) is 5.44. The largest absolute Gasteiger partial charge is 0.466 e. The van der Waals surface area contributed by atoms with E-state index in [2.05, 4.69) is 5.32 Å². The first-order chi connectivity index (χ1) is 7.18. The summed E-state index contributed by atoms with van der Waals surface area (Å²) in [5.74, 6) is 2.24. The first-order valence-electron chi connectivity index (χ1n) is 5.44. The Balaban J connectivity index is 2.00. The summed E-state index contributed by atoms with van der Waals surface area (Å²) in [4.78, 5) is 10.7. The van der Waals surface area contributed by atoms with Gasteiger partial charge in [0.15, 0.2) is 0 Å². The minimum atomic E-state index is 0.262. The van der Waals surface area contributed by atoms with Gasteiger partial charge >= 0.3 is 0 Å². The van der Waals surface area contributed by atoms with Gasteiger partial charge in [0, 0.05) is 19.4 Å². The van der Waals surface area contributed by atoms with E-state index in [0.29, 0.717) is 6.42 Å². The first kappa shape index (κ1) is 12.0. The van der Waals surface area contributed by atoms with Gasteiger partial charge in [0.05, 0.1) is 0 Å². The van der Waals surface area contributed by atoms with Crippen molar-refractivity contribution >= 4 is 5.78 Å². The van der Waals surface area contributed by atoms with Gasteiger partial charge < -0.3 is 14.5 Å². The van der Waals surface area contributed by atoms with Crippen LogP contribution in [0.1, 0.15) is 31.3 Å². The molecule has 0 aliphatic heterocycles. The molecule has 84 valence electrons. The second-order valence-corrected chi connectivity index (χ2v) is 3.82. The van der Waals surface area contributed by atoms with Crippen LogP contribution in [0, 0.1) is 6.92 Å². The molecule has 0 saturated carbocycles. The average Bonchev–Trinajstić information content (AvgIpc) is 2.57. The van der Waals surface area contributed by atoms with Crippen molar-refractivity contribution in [1.29, 1.82) is 0 Å². The van der Waals surface area contributed by atoms with Crippen LogP contribution >= 0.6 is 0 Å². The van der Waals surface area contributed by atoms with E-state index < -0.39 is 0 Å². The van der Waals surface area contributed by atoms with Crippen molar-refractivity contribution in [2.45, 2.75) is 33.1 Å². The molecule has 1 N–H and O–H groups in total. The lowest BCUT2D eigenvalue weighted by Crippen LogP contribution is -2.18. The second kappa shape index (κ2) is 6.40. The molecule has 15 heavy (non-hydrogen) atoms. The maximum Gasteiger partial charge on any atom is 0.129 e. The number of Topliss-reactive ketones (excluding diaryl/α,β-unsaturated/α-hetero) is 1. The predicted molar refractivity (Wildman–Crippen MR) is 59.9 cm³/mol.